The van der Waals surface area contributed by atoms with Crippen LogP contribution in [-0.2, 0) is 6.54 Å². The molecule has 0 fully saturated rings. The maximum Gasteiger partial charge on any atom is 0.175 e. The lowest BCUT2D eigenvalue weighted by atomic mass is 10.2. The topological polar surface area (TPSA) is 41.9 Å². The molecule has 0 radical (unpaired) electrons. The molecular formula is C17H13Cl3N4S. The number of anilines is 2. The Balaban J connectivity index is 1.66. The van der Waals surface area contributed by atoms with E-state index in [1.807, 2.05) is 30.5 Å². The average molecular weight is 412 g/mol. The number of nitrogens with one attached hydrogen (secondary N) is 2. The molecule has 25 heavy (non-hydrogen) atoms. The van der Waals surface area contributed by atoms with Gasteiger partial charge < -0.3 is 10.6 Å². The van der Waals surface area contributed by atoms with E-state index in [1.165, 1.54) is 0 Å². The van der Waals surface area contributed by atoms with Crippen LogP contribution in [0.5, 0.6) is 0 Å². The standard InChI is InChI=1S/C17H13Cl3N4S/c18-13-5-3-6-14(19)12(13)10-24-9-11(8-21-24)22-17(25)23-16-7-2-1-4-15(16)20/h1-9H,10H2,(H2,22,23,25). The molecule has 3 rings (SSSR count). The zero-order chi connectivity index (χ0) is 17.8. The molecule has 0 spiro atoms. The number of nitrogens with zero attached hydrogens (tertiary/aromatic N) is 2. The molecule has 2 N–H and O–H groups in total. The number of aromatic nitrogens is 2. The maximum atomic E-state index is 6.19. The van der Waals surface area contributed by atoms with E-state index >= 15 is 0 Å². The smallest absolute Gasteiger partial charge is 0.175 e. The molecule has 0 unspecified atom stereocenters. The highest BCUT2D eigenvalue weighted by molar-refractivity contribution is 7.80. The summed E-state index contributed by atoms with van der Waals surface area (Å²) in [5.41, 5.74) is 2.29. The number of rotatable bonds is 4. The fourth-order valence-corrected chi connectivity index (χ4v) is 3.13. The summed E-state index contributed by atoms with van der Waals surface area (Å²) in [6.07, 6.45) is 3.49. The molecule has 4 nitrogen and oxygen atoms in total. The second-order valence-corrected chi connectivity index (χ2v) is 6.82. The van der Waals surface area contributed by atoms with Gasteiger partial charge in [-0.15, -0.1) is 0 Å². The molecule has 2 aromatic carbocycles. The third kappa shape index (κ3) is 4.64. The Kier molecular flexibility index (Phi) is 5.81. The number of hydrogen-bond donors (Lipinski definition) is 2. The lowest BCUT2D eigenvalue weighted by Gasteiger charge is -2.10. The van der Waals surface area contributed by atoms with Crippen LogP contribution in [0.2, 0.25) is 15.1 Å². The lowest BCUT2D eigenvalue weighted by Crippen LogP contribution is -2.18. The van der Waals surface area contributed by atoms with E-state index in [2.05, 4.69) is 15.7 Å². The van der Waals surface area contributed by atoms with Crippen molar-refractivity contribution in [3.8, 4) is 0 Å². The second kappa shape index (κ2) is 8.06. The molecule has 3 aromatic rings. The van der Waals surface area contributed by atoms with Crippen molar-refractivity contribution in [2.24, 2.45) is 0 Å². The van der Waals surface area contributed by atoms with Gasteiger partial charge in [-0.05, 0) is 36.5 Å². The van der Waals surface area contributed by atoms with Gasteiger partial charge in [0, 0.05) is 21.8 Å². The van der Waals surface area contributed by atoms with Gasteiger partial charge in [0.05, 0.1) is 29.1 Å². The minimum Gasteiger partial charge on any atom is -0.331 e. The van der Waals surface area contributed by atoms with Crippen LogP contribution in [0.4, 0.5) is 11.4 Å². The van der Waals surface area contributed by atoms with E-state index in [0.717, 1.165) is 16.9 Å². The summed E-state index contributed by atoms with van der Waals surface area (Å²) in [4.78, 5) is 0. The largest absolute Gasteiger partial charge is 0.331 e. The first kappa shape index (κ1) is 18.0. The number of para-hydroxylation sites is 1. The minimum atomic E-state index is 0.420. The highest BCUT2D eigenvalue weighted by Gasteiger charge is 2.08. The summed E-state index contributed by atoms with van der Waals surface area (Å²) in [6.45, 7) is 0.463. The van der Waals surface area contributed by atoms with Crippen LogP contribution in [0.3, 0.4) is 0 Å². The Labute approximate surface area is 165 Å². The molecule has 128 valence electrons. The van der Waals surface area contributed by atoms with Crippen molar-refractivity contribution in [2.75, 3.05) is 10.6 Å². The molecule has 0 atom stereocenters. The molecule has 1 heterocycles. The Morgan fingerprint density at radius 1 is 0.960 bits per heavy atom. The van der Waals surface area contributed by atoms with Crippen LogP contribution in [-0.4, -0.2) is 14.9 Å². The van der Waals surface area contributed by atoms with Crippen molar-refractivity contribution in [2.45, 2.75) is 6.54 Å². The van der Waals surface area contributed by atoms with Gasteiger partial charge in [0.15, 0.2) is 5.11 Å². The number of thiocarbonyl (C=S) groups is 1. The molecule has 0 aliphatic heterocycles. The molecule has 0 amide bonds. The zero-order valence-corrected chi connectivity index (χ0v) is 15.9. The number of hydrogen-bond acceptors (Lipinski definition) is 2. The fourth-order valence-electron chi connectivity index (χ4n) is 2.21. The van der Waals surface area contributed by atoms with Gasteiger partial charge in [0.25, 0.3) is 0 Å². The number of halogens is 3. The average Bonchev–Trinajstić information content (AvgIpc) is 3.00. The Morgan fingerprint density at radius 3 is 2.36 bits per heavy atom. The highest BCUT2D eigenvalue weighted by Crippen LogP contribution is 2.25. The minimum absolute atomic E-state index is 0.420. The van der Waals surface area contributed by atoms with Crippen LogP contribution < -0.4 is 10.6 Å². The van der Waals surface area contributed by atoms with Gasteiger partial charge in [-0.1, -0.05) is 53.0 Å². The monoisotopic (exact) mass is 410 g/mol. The fraction of sp³-hybridized carbons (Fsp3) is 0.0588. The van der Waals surface area contributed by atoms with Gasteiger partial charge in [-0.25, -0.2) is 0 Å². The van der Waals surface area contributed by atoms with Gasteiger partial charge in [0.2, 0.25) is 0 Å². The first-order valence-electron chi connectivity index (χ1n) is 7.31. The summed E-state index contributed by atoms with van der Waals surface area (Å²) in [6, 6.07) is 12.8. The van der Waals surface area contributed by atoms with Crippen molar-refractivity contribution in [1.82, 2.24) is 9.78 Å². The second-order valence-electron chi connectivity index (χ2n) is 5.19. The van der Waals surface area contributed by atoms with Gasteiger partial charge >= 0.3 is 0 Å². The van der Waals surface area contributed by atoms with Gasteiger partial charge in [-0.2, -0.15) is 5.10 Å². The summed E-state index contributed by atoms with van der Waals surface area (Å²) in [7, 11) is 0. The molecule has 0 aliphatic carbocycles. The zero-order valence-electron chi connectivity index (χ0n) is 12.8. The van der Waals surface area contributed by atoms with Crippen LogP contribution in [0.15, 0.2) is 54.9 Å². The SMILES string of the molecule is S=C(Nc1cnn(Cc2c(Cl)cccc2Cl)c1)Nc1ccccc1Cl. The van der Waals surface area contributed by atoms with Crippen LogP contribution in [0.1, 0.15) is 5.56 Å². The third-order valence-corrected chi connectivity index (χ3v) is 4.64. The molecule has 8 heteroatoms. The molecule has 0 aliphatic rings. The summed E-state index contributed by atoms with van der Waals surface area (Å²) < 4.78 is 1.73. The van der Waals surface area contributed by atoms with Gasteiger partial charge in [-0.3, -0.25) is 4.68 Å². The van der Waals surface area contributed by atoms with Crippen molar-refractivity contribution >= 4 is 63.5 Å². The third-order valence-electron chi connectivity index (χ3n) is 3.39. The highest BCUT2D eigenvalue weighted by atomic mass is 35.5. The Morgan fingerprint density at radius 2 is 1.64 bits per heavy atom. The van der Waals surface area contributed by atoms with E-state index in [-0.39, 0.29) is 0 Å². The summed E-state index contributed by atoms with van der Waals surface area (Å²) in [5, 5.41) is 12.6. The maximum absolute atomic E-state index is 6.19. The number of benzene rings is 2. The van der Waals surface area contributed by atoms with E-state index in [4.69, 9.17) is 47.0 Å². The Hall–Kier alpha value is -1.79. The first-order valence-corrected chi connectivity index (χ1v) is 8.85. The van der Waals surface area contributed by atoms with E-state index < -0.39 is 0 Å². The predicted octanol–water partition coefficient (Wildman–Crippen LogP) is 5.70. The predicted molar refractivity (Wildman–Crippen MR) is 109 cm³/mol. The molecular weight excluding hydrogens is 399 g/mol. The normalized spacial score (nSPS) is 10.5. The van der Waals surface area contributed by atoms with E-state index in [9.17, 15) is 0 Å². The van der Waals surface area contributed by atoms with Gasteiger partial charge in [0.1, 0.15) is 0 Å². The Bertz CT molecular complexity index is 890. The summed E-state index contributed by atoms with van der Waals surface area (Å²) in [5.74, 6) is 0. The van der Waals surface area contributed by atoms with Crippen molar-refractivity contribution in [3.63, 3.8) is 0 Å². The van der Waals surface area contributed by atoms with E-state index in [0.29, 0.717) is 26.7 Å². The van der Waals surface area contributed by atoms with E-state index in [1.54, 1.807) is 29.1 Å². The quantitative estimate of drug-likeness (QED) is 0.540. The van der Waals surface area contributed by atoms with Crippen molar-refractivity contribution < 1.29 is 0 Å². The molecule has 0 bridgehead atoms. The van der Waals surface area contributed by atoms with Crippen LogP contribution in [0.25, 0.3) is 0 Å². The first-order chi connectivity index (χ1) is 12.0. The molecule has 0 saturated carbocycles. The van der Waals surface area contributed by atoms with Crippen LogP contribution in [0, 0.1) is 0 Å². The van der Waals surface area contributed by atoms with Crippen molar-refractivity contribution in [3.05, 3.63) is 75.5 Å². The molecule has 1 aromatic heterocycles. The van der Waals surface area contributed by atoms with Crippen molar-refractivity contribution in [1.29, 1.82) is 0 Å². The lowest BCUT2D eigenvalue weighted by molar-refractivity contribution is 0.687. The summed E-state index contributed by atoms with van der Waals surface area (Å²) >= 11 is 23.8. The molecule has 0 saturated heterocycles. The van der Waals surface area contributed by atoms with Crippen LogP contribution >= 0.6 is 47.0 Å².